The van der Waals surface area contributed by atoms with Crippen LogP contribution >= 0.6 is 11.6 Å². The van der Waals surface area contributed by atoms with Gasteiger partial charge in [0, 0.05) is 33.7 Å². The number of tetrazole rings is 1. The van der Waals surface area contributed by atoms with Gasteiger partial charge in [0.25, 0.3) is 0 Å². The molecule has 0 aliphatic carbocycles. The number of phenols is 1. The highest BCUT2D eigenvalue weighted by atomic mass is 35.5. The van der Waals surface area contributed by atoms with Gasteiger partial charge in [0.15, 0.2) is 6.54 Å². The summed E-state index contributed by atoms with van der Waals surface area (Å²) in [5.74, 6) is -0.297. The molecule has 146 valence electrons. The minimum absolute atomic E-state index is 0.0384. The summed E-state index contributed by atoms with van der Waals surface area (Å²) in [6, 6.07) is 12.5. The average Bonchev–Trinajstić information content (AvgIpc) is 3.14. The highest BCUT2D eigenvalue weighted by Gasteiger charge is 2.13. The molecule has 0 fully saturated rings. The molecule has 0 amide bonds. The lowest BCUT2D eigenvalue weighted by Crippen LogP contribution is -2.16. The molecule has 2 heterocycles. The lowest BCUT2D eigenvalue weighted by molar-refractivity contribution is -0.146. The number of ether oxygens (including phenoxy) is 1. The number of hydrogen-bond donors (Lipinski definition) is 1. The van der Waals surface area contributed by atoms with Gasteiger partial charge in [-0.1, -0.05) is 11.6 Å². The van der Waals surface area contributed by atoms with Gasteiger partial charge in [-0.2, -0.15) is 4.80 Å². The van der Waals surface area contributed by atoms with Crippen molar-refractivity contribution in [2.24, 2.45) is 0 Å². The molecule has 10 heteroatoms. The largest absolute Gasteiger partial charge is 0.508 e. The zero-order valence-corrected chi connectivity index (χ0v) is 15.5. The van der Waals surface area contributed by atoms with Crippen molar-refractivity contribution in [3.05, 3.63) is 69.5 Å². The van der Waals surface area contributed by atoms with E-state index in [1.807, 2.05) is 0 Å². The van der Waals surface area contributed by atoms with Crippen molar-refractivity contribution in [2.45, 2.75) is 13.2 Å². The SMILES string of the molecule is O=C(Cn1nnc(-c2ccc(Cl)cc2)n1)OCc1cc(=O)oc2cc(O)ccc12. The molecular formula is C19H13ClN4O5. The van der Waals surface area contributed by atoms with E-state index in [2.05, 4.69) is 15.4 Å². The van der Waals surface area contributed by atoms with Gasteiger partial charge in [0.2, 0.25) is 5.82 Å². The van der Waals surface area contributed by atoms with Gasteiger partial charge in [0.05, 0.1) is 0 Å². The van der Waals surface area contributed by atoms with Crippen molar-refractivity contribution in [1.82, 2.24) is 20.2 Å². The smallest absolute Gasteiger partial charge is 0.336 e. The van der Waals surface area contributed by atoms with Gasteiger partial charge in [-0.15, -0.1) is 10.2 Å². The number of benzene rings is 2. The summed E-state index contributed by atoms with van der Waals surface area (Å²) in [6.07, 6.45) is 0. The van der Waals surface area contributed by atoms with Crippen molar-refractivity contribution < 1.29 is 19.1 Å². The van der Waals surface area contributed by atoms with E-state index in [-0.39, 0.29) is 24.5 Å². The fourth-order valence-corrected chi connectivity index (χ4v) is 2.81. The molecule has 0 saturated heterocycles. The highest BCUT2D eigenvalue weighted by molar-refractivity contribution is 6.30. The van der Waals surface area contributed by atoms with E-state index in [1.165, 1.54) is 18.2 Å². The summed E-state index contributed by atoms with van der Waals surface area (Å²) in [6.45, 7) is -0.398. The second-order valence-corrected chi connectivity index (χ2v) is 6.52. The normalized spacial score (nSPS) is 10.9. The molecule has 0 spiro atoms. The third-order valence-corrected chi connectivity index (χ3v) is 4.28. The van der Waals surface area contributed by atoms with E-state index in [4.69, 9.17) is 20.8 Å². The quantitative estimate of drug-likeness (QED) is 0.392. The molecular weight excluding hydrogens is 400 g/mol. The number of carbonyl (C=O) groups is 1. The van der Waals surface area contributed by atoms with Crippen LogP contribution in [0.2, 0.25) is 5.02 Å². The Morgan fingerprint density at radius 1 is 1.17 bits per heavy atom. The Morgan fingerprint density at radius 2 is 1.97 bits per heavy atom. The molecule has 9 nitrogen and oxygen atoms in total. The number of fused-ring (bicyclic) bond motifs is 1. The van der Waals surface area contributed by atoms with Crippen molar-refractivity contribution in [1.29, 1.82) is 0 Å². The highest BCUT2D eigenvalue weighted by Crippen LogP contribution is 2.22. The van der Waals surface area contributed by atoms with Crippen LogP contribution in [0.4, 0.5) is 0 Å². The van der Waals surface area contributed by atoms with Crippen LogP contribution < -0.4 is 5.63 Å². The van der Waals surface area contributed by atoms with Crippen LogP contribution in [-0.4, -0.2) is 31.3 Å². The number of rotatable bonds is 5. The Balaban J connectivity index is 1.44. The second kappa shape index (κ2) is 7.72. The molecule has 0 aliphatic rings. The summed E-state index contributed by atoms with van der Waals surface area (Å²) in [5, 5.41) is 22.5. The molecule has 2 aromatic carbocycles. The Kier molecular flexibility index (Phi) is 4.96. The summed E-state index contributed by atoms with van der Waals surface area (Å²) < 4.78 is 10.3. The number of nitrogens with zero attached hydrogens (tertiary/aromatic N) is 4. The predicted molar refractivity (Wildman–Crippen MR) is 102 cm³/mol. The molecule has 0 radical (unpaired) electrons. The first-order chi connectivity index (χ1) is 14.0. The number of esters is 1. The van der Waals surface area contributed by atoms with E-state index in [9.17, 15) is 14.7 Å². The summed E-state index contributed by atoms with van der Waals surface area (Å²) in [4.78, 5) is 24.9. The van der Waals surface area contributed by atoms with Crippen LogP contribution in [0.5, 0.6) is 5.75 Å². The number of aromatic hydroxyl groups is 1. The van der Waals surface area contributed by atoms with Crippen molar-refractivity contribution in [3.8, 4) is 17.1 Å². The predicted octanol–water partition coefficient (Wildman–Crippen LogP) is 2.55. The van der Waals surface area contributed by atoms with Crippen molar-refractivity contribution in [3.63, 3.8) is 0 Å². The van der Waals surface area contributed by atoms with Gasteiger partial charge in [0.1, 0.15) is 17.9 Å². The topological polar surface area (TPSA) is 120 Å². The summed E-state index contributed by atoms with van der Waals surface area (Å²) >= 11 is 5.85. The maximum absolute atomic E-state index is 12.1. The Hall–Kier alpha value is -3.72. The van der Waals surface area contributed by atoms with E-state index in [1.54, 1.807) is 30.3 Å². The van der Waals surface area contributed by atoms with E-state index < -0.39 is 11.6 Å². The molecule has 4 rings (SSSR count). The first-order valence-corrected chi connectivity index (χ1v) is 8.81. The molecule has 4 aromatic rings. The first kappa shape index (κ1) is 18.6. The number of hydrogen-bond acceptors (Lipinski definition) is 8. The van der Waals surface area contributed by atoms with Gasteiger partial charge in [-0.05, 0) is 41.6 Å². The van der Waals surface area contributed by atoms with Gasteiger partial charge in [-0.25, -0.2) is 9.59 Å². The average molecular weight is 413 g/mol. The lowest BCUT2D eigenvalue weighted by Gasteiger charge is -2.07. The summed E-state index contributed by atoms with van der Waals surface area (Å²) in [7, 11) is 0. The molecule has 29 heavy (non-hydrogen) atoms. The maximum atomic E-state index is 12.1. The minimum Gasteiger partial charge on any atom is -0.508 e. The zero-order chi connectivity index (χ0) is 20.4. The van der Waals surface area contributed by atoms with E-state index in [0.717, 1.165) is 4.80 Å². The third-order valence-electron chi connectivity index (χ3n) is 4.03. The van der Waals surface area contributed by atoms with E-state index in [0.29, 0.717) is 27.4 Å². The van der Waals surface area contributed by atoms with E-state index >= 15 is 0 Å². The standard InChI is InChI=1S/C19H13ClN4O5/c20-13-3-1-11(2-4-13)19-21-23-24(22-19)9-18(27)28-10-12-7-17(26)29-16-8-14(25)5-6-15(12)16/h1-8,25H,9-10H2. The molecule has 0 bridgehead atoms. The van der Waals surface area contributed by atoms with Crippen LogP contribution in [0, 0.1) is 0 Å². The molecule has 0 unspecified atom stereocenters. The third kappa shape index (κ3) is 4.25. The number of phenolic OH excluding ortho intramolecular Hbond substituents is 1. The van der Waals surface area contributed by atoms with Crippen LogP contribution in [0.1, 0.15) is 5.56 Å². The molecule has 1 N–H and O–H groups in total. The number of halogens is 1. The van der Waals surface area contributed by atoms with Gasteiger partial charge < -0.3 is 14.3 Å². The van der Waals surface area contributed by atoms with Crippen LogP contribution in [0.25, 0.3) is 22.4 Å². The minimum atomic E-state index is -0.611. The number of carbonyl (C=O) groups excluding carboxylic acids is 1. The van der Waals surface area contributed by atoms with Gasteiger partial charge >= 0.3 is 11.6 Å². The molecule has 0 aliphatic heterocycles. The number of aromatic nitrogens is 4. The van der Waals surface area contributed by atoms with Crippen LogP contribution in [0.3, 0.4) is 0 Å². The van der Waals surface area contributed by atoms with Crippen LogP contribution in [-0.2, 0) is 22.7 Å². The van der Waals surface area contributed by atoms with Gasteiger partial charge in [-0.3, -0.25) is 0 Å². The molecule has 0 atom stereocenters. The summed E-state index contributed by atoms with van der Waals surface area (Å²) in [5.41, 5.74) is 0.756. The van der Waals surface area contributed by atoms with Crippen molar-refractivity contribution in [2.75, 3.05) is 0 Å². The first-order valence-electron chi connectivity index (χ1n) is 8.43. The Morgan fingerprint density at radius 3 is 2.76 bits per heavy atom. The molecule has 0 saturated carbocycles. The second-order valence-electron chi connectivity index (χ2n) is 6.08. The Labute approximate surface area is 168 Å². The zero-order valence-electron chi connectivity index (χ0n) is 14.8. The van der Waals surface area contributed by atoms with Crippen LogP contribution in [0.15, 0.2) is 57.7 Å². The van der Waals surface area contributed by atoms with Crippen molar-refractivity contribution >= 4 is 28.5 Å². The Bertz CT molecular complexity index is 1250. The maximum Gasteiger partial charge on any atom is 0.336 e. The lowest BCUT2D eigenvalue weighted by atomic mass is 10.1. The monoisotopic (exact) mass is 412 g/mol. The fourth-order valence-electron chi connectivity index (χ4n) is 2.68. The molecule has 2 aromatic heterocycles. The fraction of sp³-hybridized carbons (Fsp3) is 0.105.